The molecule has 4 N–H and O–H groups in total. The lowest BCUT2D eigenvalue weighted by molar-refractivity contribution is -0.226. The van der Waals surface area contributed by atoms with Crippen molar-refractivity contribution in [1.29, 1.82) is 0 Å². The monoisotopic (exact) mass is 546 g/mol. The quantitative estimate of drug-likeness (QED) is 0.194. The zero-order valence-corrected chi connectivity index (χ0v) is 20.3. The smallest absolute Gasteiger partial charge is 0.336 e. The number of hydrogen-bond donors (Lipinski definition) is 3. The minimum Gasteiger partial charge on any atom is -0.746 e. The molecule has 2 aliphatic rings. The van der Waals surface area contributed by atoms with Gasteiger partial charge in [-0.05, 0) is 17.7 Å². The number of nitrogen functional groups attached to an aromatic ring is 1. The topological polar surface area (TPSA) is 213 Å². The Hall–Kier alpha value is -3.85. The van der Waals surface area contributed by atoms with Crippen molar-refractivity contribution in [3.05, 3.63) is 54.6 Å². The summed E-state index contributed by atoms with van der Waals surface area (Å²) in [5, 5.41) is 20.8. The van der Waals surface area contributed by atoms with Crippen LogP contribution in [0.15, 0.2) is 49.1 Å². The number of anilines is 1. The van der Waals surface area contributed by atoms with Gasteiger partial charge in [0, 0.05) is 6.08 Å². The highest BCUT2D eigenvalue weighted by molar-refractivity contribution is 7.46. The molecule has 3 aromatic rings. The molecule has 2 aromatic heterocycles. The maximum Gasteiger partial charge on any atom is 0.336 e. The molecule has 0 aliphatic carbocycles. The van der Waals surface area contributed by atoms with E-state index in [0.717, 1.165) is 11.6 Å². The Labute approximate surface area is 214 Å². The number of aliphatic hydroxyl groups is 2. The van der Waals surface area contributed by atoms with E-state index in [1.807, 2.05) is 0 Å². The van der Waals surface area contributed by atoms with Crippen LogP contribution in [-0.2, 0) is 23.1 Å². The third-order valence-electron chi connectivity index (χ3n) is 5.63. The molecule has 4 heterocycles. The number of phosphoric ester groups is 1. The van der Waals surface area contributed by atoms with Crippen molar-refractivity contribution >= 4 is 36.8 Å². The predicted molar refractivity (Wildman–Crippen MR) is 126 cm³/mol. The van der Waals surface area contributed by atoms with Gasteiger partial charge in [-0.3, -0.25) is 9.13 Å². The number of aliphatic hydroxyl groups excluding tert-OH is 2. The second-order valence-corrected chi connectivity index (χ2v) is 9.45. The summed E-state index contributed by atoms with van der Waals surface area (Å²) >= 11 is 0. The summed E-state index contributed by atoms with van der Waals surface area (Å²) in [5.41, 5.74) is 7.01. The molecule has 38 heavy (non-hydrogen) atoms. The SMILES string of the molecule is Nc1ncnc2c1ncn2[C@@H]1O[C@H](COP(=O)([O-])OC(=O)/C=C/C=C/c2ccc3c(c2)OCO3)[C@@H](O)[C@H]1O. The lowest BCUT2D eigenvalue weighted by Gasteiger charge is -2.23. The molecule has 5 atom stereocenters. The fourth-order valence-corrected chi connectivity index (χ4v) is 4.47. The van der Waals surface area contributed by atoms with Gasteiger partial charge in [-0.15, -0.1) is 0 Å². The zero-order chi connectivity index (χ0) is 26.9. The number of fused-ring (bicyclic) bond motifs is 2. The maximum absolute atomic E-state index is 12.1. The minimum atomic E-state index is -5.12. The number of phosphoric acid groups is 1. The van der Waals surface area contributed by atoms with Gasteiger partial charge in [0.2, 0.25) is 6.79 Å². The zero-order valence-electron chi connectivity index (χ0n) is 19.4. The molecule has 1 unspecified atom stereocenters. The van der Waals surface area contributed by atoms with E-state index < -0.39 is 44.9 Å². The summed E-state index contributed by atoms with van der Waals surface area (Å²) in [6, 6.07) is 5.25. The van der Waals surface area contributed by atoms with Crippen LogP contribution in [0.4, 0.5) is 5.82 Å². The number of allylic oxidation sites excluding steroid dienone is 2. The van der Waals surface area contributed by atoms with Gasteiger partial charge >= 0.3 is 13.8 Å². The van der Waals surface area contributed by atoms with Gasteiger partial charge in [-0.2, -0.15) is 0 Å². The van der Waals surface area contributed by atoms with Crippen LogP contribution in [0.2, 0.25) is 0 Å². The fourth-order valence-electron chi connectivity index (χ4n) is 3.80. The van der Waals surface area contributed by atoms with Crippen LogP contribution in [0.25, 0.3) is 17.2 Å². The highest BCUT2D eigenvalue weighted by Gasteiger charge is 2.45. The van der Waals surface area contributed by atoms with E-state index in [0.29, 0.717) is 11.5 Å². The molecule has 0 saturated carbocycles. The van der Waals surface area contributed by atoms with E-state index in [9.17, 15) is 24.5 Å². The van der Waals surface area contributed by atoms with E-state index in [-0.39, 0.29) is 23.8 Å². The number of rotatable bonds is 8. The number of nitrogens with two attached hydrogens (primary N) is 1. The van der Waals surface area contributed by atoms with Gasteiger partial charge in [-0.25, -0.2) is 19.7 Å². The molecule has 16 heteroatoms. The van der Waals surface area contributed by atoms with Crippen LogP contribution in [0, 0.1) is 0 Å². The van der Waals surface area contributed by atoms with Gasteiger partial charge in [0.15, 0.2) is 29.2 Å². The van der Waals surface area contributed by atoms with E-state index in [1.165, 1.54) is 29.4 Å². The van der Waals surface area contributed by atoms with Gasteiger partial charge in [0.1, 0.15) is 30.2 Å². The fraction of sp³-hybridized carbons (Fsp3) is 0.273. The molecule has 1 saturated heterocycles. The maximum atomic E-state index is 12.1. The van der Waals surface area contributed by atoms with E-state index in [2.05, 4.69) is 19.5 Å². The molecule has 0 radical (unpaired) electrons. The molecule has 1 fully saturated rings. The Morgan fingerprint density at radius 3 is 2.87 bits per heavy atom. The van der Waals surface area contributed by atoms with E-state index >= 15 is 0 Å². The van der Waals surface area contributed by atoms with Crippen molar-refractivity contribution in [1.82, 2.24) is 19.5 Å². The van der Waals surface area contributed by atoms with Crippen LogP contribution < -0.4 is 20.1 Å². The summed E-state index contributed by atoms with van der Waals surface area (Å²) in [6.45, 7) is -0.592. The summed E-state index contributed by atoms with van der Waals surface area (Å²) in [7, 11) is -5.12. The molecule has 1 aromatic carbocycles. The van der Waals surface area contributed by atoms with Gasteiger partial charge in [0.25, 0.3) is 0 Å². The number of ether oxygens (including phenoxy) is 3. The number of hydrogen-bond acceptors (Lipinski definition) is 14. The molecule has 0 bridgehead atoms. The first kappa shape index (κ1) is 25.8. The first-order valence-electron chi connectivity index (χ1n) is 11.1. The number of nitrogens with zero attached hydrogens (tertiary/aromatic N) is 4. The number of carbonyl (C=O) groups excluding carboxylic acids is 1. The molecule has 15 nitrogen and oxygen atoms in total. The largest absolute Gasteiger partial charge is 0.746 e. The van der Waals surface area contributed by atoms with Crippen LogP contribution >= 0.6 is 7.82 Å². The van der Waals surface area contributed by atoms with Crippen molar-refractivity contribution in [2.75, 3.05) is 19.1 Å². The standard InChI is InChI=1S/C22H22N5O10P/c23-20-17-21(25-9-24-20)27(10-26-17)22-19(30)18(29)15(36-22)8-35-38(31,32)37-16(28)4-2-1-3-12-5-6-13-14(7-12)34-11-33-13/h1-7,9-10,15,18-19,22,29-30H,8,11H2,(H,31,32)(H2,23,24,25)/p-1/b3-1+,4-2+/t15-,18-,19-,22-/m1/s1. The van der Waals surface area contributed by atoms with Crippen molar-refractivity contribution < 1.29 is 47.7 Å². The average Bonchev–Trinajstić information content (AvgIpc) is 3.59. The predicted octanol–water partition coefficient (Wildman–Crippen LogP) is 0.0542. The minimum absolute atomic E-state index is 0.105. The number of carbonyl (C=O) groups is 1. The summed E-state index contributed by atoms with van der Waals surface area (Å²) in [5.74, 6) is 0.120. The van der Waals surface area contributed by atoms with E-state index in [1.54, 1.807) is 24.3 Å². The number of benzene rings is 1. The molecule has 2 aliphatic heterocycles. The van der Waals surface area contributed by atoms with Crippen molar-refractivity contribution in [3.8, 4) is 11.5 Å². The van der Waals surface area contributed by atoms with Crippen LogP contribution in [0.5, 0.6) is 11.5 Å². The van der Waals surface area contributed by atoms with Gasteiger partial charge in [0.05, 0.1) is 12.9 Å². The van der Waals surface area contributed by atoms with Crippen LogP contribution in [-0.4, -0.2) is 67.4 Å². The number of aromatic nitrogens is 4. The van der Waals surface area contributed by atoms with Gasteiger partial charge in [-0.1, -0.05) is 24.3 Å². The first-order chi connectivity index (χ1) is 18.2. The second-order valence-electron chi connectivity index (χ2n) is 8.11. The third-order valence-corrected chi connectivity index (χ3v) is 6.49. The lowest BCUT2D eigenvalue weighted by Crippen LogP contribution is -2.34. The van der Waals surface area contributed by atoms with Crippen molar-refractivity contribution in [2.45, 2.75) is 24.5 Å². The molecule has 0 amide bonds. The number of imidazole rings is 1. The van der Waals surface area contributed by atoms with Crippen LogP contribution in [0.3, 0.4) is 0 Å². The first-order valence-corrected chi connectivity index (χ1v) is 12.6. The summed E-state index contributed by atoms with van der Waals surface area (Å²) in [4.78, 5) is 35.9. The Morgan fingerprint density at radius 2 is 2.03 bits per heavy atom. The Kier molecular flexibility index (Phi) is 7.12. The molecule has 5 rings (SSSR count). The molecular weight excluding hydrogens is 525 g/mol. The highest BCUT2D eigenvalue weighted by Crippen LogP contribution is 2.41. The normalized spacial score (nSPS) is 24.4. The summed E-state index contributed by atoms with van der Waals surface area (Å²) < 4.78 is 38.6. The highest BCUT2D eigenvalue weighted by atomic mass is 31.2. The summed E-state index contributed by atoms with van der Waals surface area (Å²) in [6.07, 6.45) is 2.32. The Balaban J connectivity index is 1.14. The Bertz CT molecular complexity index is 1460. The Morgan fingerprint density at radius 1 is 1.21 bits per heavy atom. The van der Waals surface area contributed by atoms with Gasteiger partial charge < -0.3 is 44.1 Å². The molecule has 200 valence electrons. The molecule has 0 spiro atoms. The second kappa shape index (κ2) is 10.5. The lowest BCUT2D eigenvalue weighted by atomic mass is 10.1. The molecular formula is C22H21N5O10P-. The average molecular weight is 546 g/mol. The third kappa shape index (κ3) is 5.38. The van der Waals surface area contributed by atoms with Crippen molar-refractivity contribution in [3.63, 3.8) is 0 Å². The van der Waals surface area contributed by atoms with Crippen molar-refractivity contribution in [2.24, 2.45) is 0 Å². The van der Waals surface area contributed by atoms with Crippen LogP contribution in [0.1, 0.15) is 11.8 Å². The van der Waals surface area contributed by atoms with E-state index in [4.69, 9.17) is 24.5 Å².